The molecule has 1 atom stereocenters. The van der Waals surface area contributed by atoms with Crippen molar-refractivity contribution in [2.24, 2.45) is 0 Å². The molecule has 1 N–H and O–H groups in total. The number of aryl methyl sites for hydroxylation is 1. The van der Waals surface area contributed by atoms with E-state index in [1.54, 1.807) is 19.1 Å². The van der Waals surface area contributed by atoms with Crippen LogP contribution in [0, 0.1) is 12.7 Å². The highest BCUT2D eigenvalue weighted by molar-refractivity contribution is 7.89. The number of ketones is 1. The predicted molar refractivity (Wildman–Crippen MR) is 98.6 cm³/mol. The number of sulfonamides is 1. The molecule has 0 fully saturated rings. The van der Waals surface area contributed by atoms with Crippen LogP contribution in [0.2, 0.25) is 0 Å². The van der Waals surface area contributed by atoms with Crippen LogP contribution in [-0.2, 0) is 14.8 Å². The highest BCUT2D eigenvalue weighted by Crippen LogP contribution is 2.19. The van der Waals surface area contributed by atoms with Crippen molar-refractivity contribution in [1.82, 2.24) is 4.72 Å². The fourth-order valence-corrected chi connectivity index (χ4v) is 3.30. The minimum absolute atomic E-state index is 0.121. The van der Waals surface area contributed by atoms with Crippen LogP contribution >= 0.6 is 0 Å². The fourth-order valence-electron chi connectivity index (χ4n) is 2.13. The van der Waals surface area contributed by atoms with Crippen LogP contribution in [0.5, 0.6) is 0 Å². The van der Waals surface area contributed by atoms with Gasteiger partial charge in [-0.05, 0) is 56.7 Å². The van der Waals surface area contributed by atoms with Gasteiger partial charge in [0.25, 0.3) is 0 Å². The lowest BCUT2D eigenvalue weighted by Gasteiger charge is -2.15. The lowest BCUT2D eigenvalue weighted by molar-refractivity contribution is -0.113. The molecule has 2 rings (SSSR count). The fraction of sp³-hybridized carbons (Fsp3) is 0.200. The summed E-state index contributed by atoms with van der Waals surface area (Å²) in [6, 6.07) is 11.1. The number of carbonyl (C=O) groups excluding carboxylic acids is 1. The first-order valence-corrected chi connectivity index (χ1v) is 9.46. The normalized spacial score (nSPS) is 12.2. The van der Waals surface area contributed by atoms with E-state index in [2.05, 4.69) is 10.5 Å². The van der Waals surface area contributed by atoms with Crippen LogP contribution < -0.4 is 4.72 Å². The van der Waals surface area contributed by atoms with Crippen LogP contribution in [0.4, 0.5) is 4.39 Å². The molecule has 6 heteroatoms. The highest BCUT2D eigenvalue weighted by Gasteiger charge is 2.20. The Morgan fingerprint density at radius 2 is 1.65 bits per heavy atom. The van der Waals surface area contributed by atoms with Crippen molar-refractivity contribution in [2.45, 2.75) is 31.7 Å². The molecule has 0 saturated carbocycles. The molecule has 0 aromatic heterocycles. The minimum atomic E-state index is -3.81. The van der Waals surface area contributed by atoms with E-state index in [0.717, 1.165) is 5.56 Å². The summed E-state index contributed by atoms with van der Waals surface area (Å²) in [5, 5.41) is 0. The first-order valence-electron chi connectivity index (χ1n) is 7.98. The average molecular weight is 373 g/mol. The summed E-state index contributed by atoms with van der Waals surface area (Å²) in [4.78, 5) is 11.5. The summed E-state index contributed by atoms with van der Waals surface area (Å²) in [6.07, 6.45) is 1.45. The maximum absolute atomic E-state index is 13.2. The van der Waals surface area contributed by atoms with Crippen LogP contribution in [-0.4, -0.2) is 14.2 Å². The van der Waals surface area contributed by atoms with E-state index in [1.165, 1.54) is 49.4 Å². The second-order valence-electron chi connectivity index (χ2n) is 5.96. The molecule has 2 aromatic rings. The molecular formula is C20H20FNO3S. The molecule has 0 heterocycles. The van der Waals surface area contributed by atoms with Gasteiger partial charge in [-0.15, -0.1) is 5.73 Å². The number of benzene rings is 2. The number of rotatable bonds is 6. The van der Waals surface area contributed by atoms with Gasteiger partial charge in [0.2, 0.25) is 10.0 Å². The predicted octanol–water partition coefficient (Wildman–Crippen LogP) is 3.84. The number of hydrogen-bond donors (Lipinski definition) is 1. The number of Topliss-reactive ketones (excluding diaryl/α,β-unsaturated/α-hetero) is 1. The second kappa shape index (κ2) is 8.23. The molecule has 0 bridgehead atoms. The van der Waals surface area contributed by atoms with E-state index in [0.29, 0.717) is 11.1 Å². The maximum atomic E-state index is 13.2. The number of nitrogens with one attached hydrogen (secondary N) is 1. The van der Waals surface area contributed by atoms with E-state index in [4.69, 9.17) is 0 Å². The summed E-state index contributed by atoms with van der Waals surface area (Å²) >= 11 is 0. The lowest BCUT2D eigenvalue weighted by Crippen LogP contribution is -2.27. The number of carbonyl (C=O) groups is 1. The molecule has 0 aliphatic carbocycles. The molecule has 0 aliphatic heterocycles. The third kappa shape index (κ3) is 5.23. The zero-order valence-corrected chi connectivity index (χ0v) is 15.6. The Balaban J connectivity index is 2.43. The summed E-state index contributed by atoms with van der Waals surface area (Å²) in [6.45, 7) is 4.86. The molecule has 4 nitrogen and oxygen atoms in total. The molecule has 136 valence electrons. The SMILES string of the molecule is CC(=O)C(C)=C=CC(NS(=O)(=O)c1ccc(C)cc1)c1ccc(F)cc1. The first-order chi connectivity index (χ1) is 12.2. The van der Waals surface area contributed by atoms with Crippen LogP contribution in [0.15, 0.2) is 70.8 Å². The summed E-state index contributed by atoms with van der Waals surface area (Å²) in [5.74, 6) is -0.589. The first kappa shape index (κ1) is 19.8. The summed E-state index contributed by atoms with van der Waals surface area (Å²) in [5.41, 5.74) is 4.64. The summed E-state index contributed by atoms with van der Waals surface area (Å²) < 4.78 is 41.1. The molecule has 0 radical (unpaired) electrons. The van der Waals surface area contributed by atoms with Crippen molar-refractivity contribution in [3.05, 3.63) is 82.9 Å². The third-order valence-corrected chi connectivity index (χ3v) is 5.29. The van der Waals surface area contributed by atoms with Crippen molar-refractivity contribution in [1.29, 1.82) is 0 Å². The Hall–Kier alpha value is -2.53. The summed E-state index contributed by atoms with van der Waals surface area (Å²) in [7, 11) is -3.81. The Labute approximate surface area is 153 Å². The van der Waals surface area contributed by atoms with E-state index < -0.39 is 21.9 Å². The molecule has 0 saturated heterocycles. The van der Waals surface area contributed by atoms with Gasteiger partial charge in [-0.3, -0.25) is 4.79 Å². The molecule has 1 unspecified atom stereocenters. The lowest BCUT2D eigenvalue weighted by atomic mass is 10.1. The zero-order chi connectivity index (χ0) is 19.3. The quantitative estimate of drug-likeness (QED) is 0.618. The topological polar surface area (TPSA) is 63.2 Å². The Kier molecular flexibility index (Phi) is 6.27. The van der Waals surface area contributed by atoms with Gasteiger partial charge in [0.15, 0.2) is 5.78 Å². The van der Waals surface area contributed by atoms with Gasteiger partial charge in [-0.25, -0.2) is 12.8 Å². The highest BCUT2D eigenvalue weighted by atomic mass is 32.2. The Morgan fingerprint density at radius 1 is 1.08 bits per heavy atom. The maximum Gasteiger partial charge on any atom is 0.241 e. The monoisotopic (exact) mass is 373 g/mol. The Bertz CT molecular complexity index is 955. The number of hydrogen-bond acceptors (Lipinski definition) is 3. The van der Waals surface area contributed by atoms with E-state index in [-0.39, 0.29) is 10.7 Å². The van der Waals surface area contributed by atoms with Crippen molar-refractivity contribution in [2.75, 3.05) is 0 Å². The number of halogens is 1. The van der Waals surface area contributed by atoms with Crippen molar-refractivity contribution >= 4 is 15.8 Å². The van der Waals surface area contributed by atoms with Gasteiger partial charge >= 0.3 is 0 Å². The van der Waals surface area contributed by atoms with Gasteiger partial charge in [-0.2, -0.15) is 4.72 Å². The average Bonchev–Trinajstić information content (AvgIpc) is 2.59. The molecule has 26 heavy (non-hydrogen) atoms. The molecule has 0 aliphatic rings. The largest absolute Gasteiger partial charge is 0.294 e. The van der Waals surface area contributed by atoms with Gasteiger partial charge in [0.1, 0.15) is 5.82 Å². The van der Waals surface area contributed by atoms with Crippen LogP contribution in [0.1, 0.15) is 31.0 Å². The van der Waals surface area contributed by atoms with Crippen molar-refractivity contribution < 1.29 is 17.6 Å². The van der Waals surface area contributed by atoms with Gasteiger partial charge in [0.05, 0.1) is 10.9 Å². The smallest absolute Gasteiger partial charge is 0.241 e. The third-order valence-electron chi connectivity index (χ3n) is 3.84. The molecule has 0 amide bonds. The molecule has 2 aromatic carbocycles. The Morgan fingerprint density at radius 3 is 2.19 bits per heavy atom. The van der Waals surface area contributed by atoms with Crippen LogP contribution in [0.3, 0.4) is 0 Å². The van der Waals surface area contributed by atoms with Crippen molar-refractivity contribution in [3.8, 4) is 0 Å². The second-order valence-corrected chi connectivity index (χ2v) is 7.67. The van der Waals surface area contributed by atoms with Gasteiger partial charge in [0, 0.05) is 5.57 Å². The van der Waals surface area contributed by atoms with E-state index in [1.807, 2.05) is 6.92 Å². The molecular weight excluding hydrogens is 353 g/mol. The standard InChI is InChI=1S/C20H20FNO3S/c1-14-4-11-19(12-5-14)26(24,25)22-20(13-6-15(2)16(3)23)17-7-9-18(21)10-8-17/h4-5,7-13,20,22H,1-3H3. The van der Waals surface area contributed by atoms with Gasteiger partial charge < -0.3 is 0 Å². The van der Waals surface area contributed by atoms with E-state index >= 15 is 0 Å². The van der Waals surface area contributed by atoms with Gasteiger partial charge in [-0.1, -0.05) is 29.8 Å². The van der Waals surface area contributed by atoms with Crippen molar-refractivity contribution in [3.63, 3.8) is 0 Å². The van der Waals surface area contributed by atoms with Crippen LogP contribution in [0.25, 0.3) is 0 Å². The molecule has 0 spiro atoms. The minimum Gasteiger partial charge on any atom is -0.294 e. The zero-order valence-electron chi connectivity index (χ0n) is 14.8. The van der Waals surface area contributed by atoms with E-state index in [9.17, 15) is 17.6 Å².